The van der Waals surface area contributed by atoms with Crippen LogP contribution in [0.25, 0.3) is 0 Å². The number of rotatable bonds is 9. The first kappa shape index (κ1) is 29.1. The maximum atomic E-state index is 12.9. The number of hydrogen-bond donors (Lipinski definition) is 0. The molecule has 0 N–H and O–H groups in total. The average Bonchev–Trinajstić information content (AvgIpc) is 3.60. The maximum absolute atomic E-state index is 12.9. The molecule has 0 fully saturated rings. The highest BCUT2D eigenvalue weighted by atomic mass is 32.2. The molecule has 2 aromatic rings. The monoisotopic (exact) mass is 597 g/mol. The molecule has 9 nitrogen and oxygen atoms in total. The van der Waals surface area contributed by atoms with Crippen LogP contribution in [0.15, 0.2) is 88.0 Å². The fraction of sp³-hybridized carbons (Fsp3) is 0.367. The summed E-state index contributed by atoms with van der Waals surface area (Å²) in [5.41, 5.74) is 3.05. The first-order valence-corrected chi connectivity index (χ1v) is 15.7. The predicted molar refractivity (Wildman–Crippen MR) is 153 cm³/mol. The van der Waals surface area contributed by atoms with Gasteiger partial charge in [0, 0.05) is 11.7 Å². The lowest BCUT2D eigenvalue weighted by Gasteiger charge is -2.35. The zero-order valence-corrected chi connectivity index (χ0v) is 24.5. The lowest BCUT2D eigenvalue weighted by Crippen LogP contribution is -2.38. The van der Waals surface area contributed by atoms with Gasteiger partial charge in [-0.2, -0.15) is 8.42 Å². The maximum Gasteiger partial charge on any atom is 0.347 e. The second-order valence-electron chi connectivity index (χ2n) is 10.3. The van der Waals surface area contributed by atoms with Crippen molar-refractivity contribution in [2.75, 3.05) is 5.75 Å². The average molecular weight is 598 g/mol. The molecule has 2 heterocycles. The van der Waals surface area contributed by atoms with Crippen molar-refractivity contribution in [3.8, 4) is 0 Å². The summed E-state index contributed by atoms with van der Waals surface area (Å²) in [6, 6.07) is 14.7. The molecule has 0 saturated heterocycles. The minimum atomic E-state index is -4.28. The van der Waals surface area contributed by atoms with Crippen LogP contribution in [-0.2, 0) is 44.7 Å². The highest BCUT2D eigenvalue weighted by Crippen LogP contribution is 2.46. The van der Waals surface area contributed by atoms with Crippen molar-refractivity contribution in [3.05, 3.63) is 89.2 Å². The van der Waals surface area contributed by atoms with Crippen LogP contribution in [0, 0.1) is 18.8 Å². The van der Waals surface area contributed by atoms with E-state index in [0.717, 1.165) is 16.7 Å². The molecule has 0 amide bonds. The van der Waals surface area contributed by atoms with Crippen molar-refractivity contribution in [2.24, 2.45) is 16.8 Å². The van der Waals surface area contributed by atoms with Crippen LogP contribution in [0.4, 0.5) is 0 Å². The van der Waals surface area contributed by atoms with Crippen molar-refractivity contribution in [1.82, 2.24) is 0 Å². The Morgan fingerprint density at radius 1 is 1.10 bits per heavy atom. The third-order valence-corrected chi connectivity index (χ3v) is 9.24. The summed E-state index contributed by atoms with van der Waals surface area (Å²) in [7, 11) is -4.28. The molecule has 41 heavy (non-hydrogen) atoms. The Bertz CT molecular complexity index is 1500. The van der Waals surface area contributed by atoms with Crippen molar-refractivity contribution < 1.29 is 36.4 Å². The molecule has 3 aliphatic rings. The molecule has 4 atom stereocenters. The summed E-state index contributed by atoms with van der Waals surface area (Å²) in [5, 5.41) is 0.572. The normalized spacial score (nSPS) is 23.7. The number of fused-ring (bicyclic) bond motifs is 1. The van der Waals surface area contributed by atoms with Gasteiger partial charge < -0.3 is 18.4 Å². The van der Waals surface area contributed by atoms with Crippen LogP contribution >= 0.6 is 11.8 Å². The molecule has 11 heteroatoms. The minimum Gasteiger partial charge on any atom is -0.471 e. The molecule has 0 radical (unpaired) electrons. The van der Waals surface area contributed by atoms with Crippen molar-refractivity contribution >= 4 is 38.9 Å². The van der Waals surface area contributed by atoms with Crippen LogP contribution in [0.1, 0.15) is 31.4 Å². The second-order valence-corrected chi connectivity index (χ2v) is 12.8. The van der Waals surface area contributed by atoms with Gasteiger partial charge in [-0.3, -0.25) is 4.99 Å². The standard InChI is InChI=1S/C30H31NO8S2/c1-18(2)38-28(32)24-16-37-30(36-15-20-7-5-4-6-8-20)26-22(24)13-14-23(26)27-31-25(17-40-27)29(33)39-41(34,35)21-11-9-19(3)10-12-21/h4-12,14,16,18,22,25-26,30H,13,15,17H2,1-3H3/t22-,25?,26+,30-/m1/s1. The van der Waals surface area contributed by atoms with E-state index in [9.17, 15) is 18.0 Å². The molecule has 0 aromatic heterocycles. The number of hydrogen-bond acceptors (Lipinski definition) is 10. The number of aryl methyl sites for hydroxylation is 1. The van der Waals surface area contributed by atoms with Crippen molar-refractivity contribution in [2.45, 2.75) is 57.1 Å². The molecule has 216 valence electrons. The van der Waals surface area contributed by atoms with Gasteiger partial charge in [0.2, 0.25) is 6.29 Å². The van der Waals surface area contributed by atoms with Crippen LogP contribution in [0.5, 0.6) is 0 Å². The van der Waals surface area contributed by atoms with E-state index in [1.165, 1.54) is 30.2 Å². The van der Waals surface area contributed by atoms with E-state index in [4.69, 9.17) is 18.4 Å². The number of esters is 1. The van der Waals surface area contributed by atoms with Crippen molar-refractivity contribution in [1.29, 1.82) is 0 Å². The number of nitrogens with zero attached hydrogens (tertiary/aromatic N) is 1. The van der Waals surface area contributed by atoms with E-state index >= 15 is 0 Å². The predicted octanol–water partition coefficient (Wildman–Crippen LogP) is 4.71. The SMILES string of the molecule is Cc1ccc(S(=O)(=O)OC(=O)C2CSC(C3=CC[C@@H]4C(C(=O)OC(C)C)=CO[C@@H](OCc5ccccc5)[C@H]34)=N2)cc1. The molecule has 0 spiro atoms. The third-order valence-electron chi connectivity index (χ3n) is 6.91. The Balaban J connectivity index is 1.34. The fourth-order valence-electron chi connectivity index (χ4n) is 4.90. The molecule has 5 rings (SSSR count). The summed E-state index contributed by atoms with van der Waals surface area (Å²) >= 11 is 1.33. The van der Waals surface area contributed by atoms with Crippen LogP contribution in [0.2, 0.25) is 0 Å². The van der Waals surface area contributed by atoms with E-state index in [0.29, 0.717) is 23.6 Å². The summed E-state index contributed by atoms with van der Waals surface area (Å²) in [5.74, 6) is -1.81. The van der Waals surface area contributed by atoms with Gasteiger partial charge in [-0.1, -0.05) is 54.1 Å². The van der Waals surface area contributed by atoms with E-state index in [2.05, 4.69) is 4.99 Å². The van der Waals surface area contributed by atoms with E-state index in [1.807, 2.05) is 43.3 Å². The van der Waals surface area contributed by atoms with Gasteiger partial charge in [0.1, 0.15) is 4.90 Å². The van der Waals surface area contributed by atoms with Gasteiger partial charge in [0.15, 0.2) is 6.04 Å². The van der Waals surface area contributed by atoms with Gasteiger partial charge >= 0.3 is 22.1 Å². The van der Waals surface area contributed by atoms with Gasteiger partial charge in [-0.15, -0.1) is 11.8 Å². The molecule has 2 aromatic carbocycles. The van der Waals surface area contributed by atoms with E-state index in [-0.39, 0.29) is 28.6 Å². The molecule has 1 unspecified atom stereocenters. The quantitative estimate of drug-likeness (QED) is 0.299. The first-order chi connectivity index (χ1) is 19.6. The number of aliphatic imine (C=N–C) groups is 1. The summed E-state index contributed by atoms with van der Waals surface area (Å²) in [6.07, 6.45) is 2.94. The summed E-state index contributed by atoms with van der Waals surface area (Å²) < 4.78 is 47.8. The summed E-state index contributed by atoms with van der Waals surface area (Å²) in [4.78, 5) is 30.2. The minimum absolute atomic E-state index is 0.0991. The first-order valence-electron chi connectivity index (χ1n) is 13.3. The molecular weight excluding hydrogens is 566 g/mol. The summed E-state index contributed by atoms with van der Waals surface area (Å²) in [6.45, 7) is 5.70. The number of ether oxygens (including phenoxy) is 3. The van der Waals surface area contributed by atoms with Gasteiger partial charge in [0.05, 0.1) is 35.5 Å². The molecular formula is C30H31NO8S2. The fourth-order valence-corrected chi connectivity index (χ4v) is 6.91. The van der Waals surface area contributed by atoms with Gasteiger partial charge in [-0.05, 0) is 50.5 Å². The Morgan fingerprint density at radius 2 is 1.83 bits per heavy atom. The zero-order chi connectivity index (χ0) is 29.1. The molecule has 1 aliphatic carbocycles. The second kappa shape index (κ2) is 12.2. The highest BCUT2D eigenvalue weighted by molar-refractivity contribution is 8.14. The Labute approximate surface area is 243 Å². The van der Waals surface area contributed by atoms with E-state index < -0.39 is 34.4 Å². The lowest BCUT2D eigenvalue weighted by molar-refractivity contribution is -0.161. The Morgan fingerprint density at radius 3 is 2.54 bits per heavy atom. The third kappa shape index (κ3) is 6.58. The zero-order valence-electron chi connectivity index (χ0n) is 22.9. The Kier molecular flexibility index (Phi) is 8.67. The number of benzene rings is 2. The van der Waals surface area contributed by atoms with E-state index in [1.54, 1.807) is 26.0 Å². The van der Waals surface area contributed by atoms with Gasteiger partial charge in [0.25, 0.3) is 0 Å². The number of thioether (sulfide) groups is 1. The Hall–Kier alpha value is -3.41. The lowest BCUT2D eigenvalue weighted by atomic mass is 9.83. The number of allylic oxidation sites excluding steroid dienone is 1. The smallest absolute Gasteiger partial charge is 0.347 e. The molecule has 0 bridgehead atoms. The van der Waals surface area contributed by atoms with Crippen LogP contribution < -0.4 is 0 Å². The van der Waals surface area contributed by atoms with Crippen molar-refractivity contribution in [3.63, 3.8) is 0 Å². The van der Waals surface area contributed by atoms with Crippen LogP contribution in [0.3, 0.4) is 0 Å². The van der Waals surface area contributed by atoms with Crippen LogP contribution in [-0.4, -0.2) is 49.6 Å². The largest absolute Gasteiger partial charge is 0.471 e. The highest BCUT2D eigenvalue weighted by Gasteiger charge is 2.47. The number of carbonyl (C=O) groups excluding carboxylic acids is 2. The number of carbonyl (C=O) groups is 2. The topological polar surface area (TPSA) is 118 Å². The molecule has 2 aliphatic heterocycles. The van der Waals surface area contributed by atoms with Gasteiger partial charge in [-0.25, -0.2) is 9.59 Å². The molecule has 0 saturated carbocycles.